The molecule has 0 bridgehead atoms. The SMILES string of the molecule is CCOc1ccccc1-n1c(=S)[nH]c2cc(I)ccc21. The molecule has 3 rings (SSSR count). The normalized spacial score (nSPS) is 10.9. The van der Waals surface area contributed by atoms with Gasteiger partial charge in [-0.3, -0.25) is 4.57 Å². The van der Waals surface area contributed by atoms with Crippen LogP contribution in [0.4, 0.5) is 0 Å². The Bertz CT molecular complexity index is 822. The number of hydrogen-bond acceptors (Lipinski definition) is 2. The topological polar surface area (TPSA) is 29.9 Å². The number of fused-ring (bicyclic) bond motifs is 1. The van der Waals surface area contributed by atoms with Crippen LogP contribution in [0.15, 0.2) is 42.5 Å². The molecule has 0 aliphatic rings. The van der Waals surface area contributed by atoms with E-state index in [2.05, 4.69) is 45.8 Å². The molecule has 102 valence electrons. The number of imidazole rings is 1. The maximum Gasteiger partial charge on any atom is 0.182 e. The zero-order valence-electron chi connectivity index (χ0n) is 10.9. The van der Waals surface area contributed by atoms with Crippen LogP contribution in [0.1, 0.15) is 6.92 Å². The summed E-state index contributed by atoms with van der Waals surface area (Å²) in [6.45, 7) is 2.61. The molecule has 3 aromatic rings. The highest BCUT2D eigenvalue weighted by atomic mass is 127. The Kier molecular flexibility index (Phi) is 3.80. The minimum Gasteiger partial charge on any atom is -0.492 e. The van der Waals surface area contributed by atoms with E-state index >= 15 is 0 Å². The molecule has 0 spiro atoms. The molecule has 0 saturated heterocycles. The van der Waals surface area contributed by atoms with Gasteiger partial charge in [0.05, 0.1) is 23.3 Å². The number of hydrogen-bond donors (Lipinski definition) is 1. The lowest BCUT2D eigenvalue weighted by Crippen LogP contribution is -2.00. The van der Waals surface area contributed by atoms with Crippen LogP contribution in [-0.4, -0.2) is 16.2 Å². The van der Waals surface area contributed by atoms with Crippen molar-refractivity contribution in [1.82, 2.24) is 9.55 Å². The summed E-state index contributed by atoms with van der Waals surface area (Å²) in [5.74, 6) is 0.838. The largest absolute Gasteiger partial charge is 0.492 e. The first-order valence-electron chi connectivity index (χ1n) is 6.33. The molecule has 2 aromatic carbocycles. The zero-order chi connectivity index (χ0) is 14.1. The van der Waals surface area contributed by atoms with Crippen molar-refractivity contribution >= 4 is 45.8 Å². The molecule has 0 aliphatic heterocycles. The summed E-state index contributed by atoms with van der Waals surface area (Å²) in [6, 6.07) is 14.2. The van der Waals surface area contributed by atoms with E-state index in [-0.39, 0.29) is 0 Å². The monoisotopic (exact) mass is 396 g/mol. The van der Waals surface area contributed by atoms with Crippen molar-refractivity contribution in [3.8, 4) is 11.4 Å². The lowest BCUT2D eigenvalue weighted by Gasteiger charge is -2.11. The van der Waals surface area contributed by atoms with Gasteiger partial charge in [0.25, 0.3) is 0 Å². The van der Waals surface area contributed by atoms with E-state index in [1.807, 2.05) is 35.8 Å². The van der Waals surface area contributed by atoms with Gasteiger partial charge in [-0.15, -0.1) is 0 Å². The number of benzene rings is 2. The molecule has 0 saturated carbocycles. The fourth-order valence-corrected chi connectivity index (χ4v) is 3.04. The van der Waals surface area contributed by atoms with Crippen molar-refractivity contribution in [3.05, 3.63) is 50.8 Å². The van der Waals surface area contributed by atoms with Crippen molar-refractivity contribution in [2.75, 3.05) is 6.61 Å². The quantitative estimate of drug-likeness (QED) is 0.514. The highest BCUT2D eigenvalue weighted by Gasteiger charge is 2.11. The molecule has 0 atom stereocenters. The van der Waals surface area contributed by atoms with Crippen LogP contribution in [0.2, 0.25) is 0 Å². The van der Waals surface area contributed by atoms with Crippen LogP contribution >= 0.6 is 34.8 Å². The number of rotatable bonds is 3. The zero-order valence-corrected chi connectivity index (χ0v) is 13.9. The first kappa shape index (κ1) is 13.6. The number of halogens is 1. The summed E-state index contributed by atoms with van der Waals surface area (Å²) < 4.78 is 9.58. The smallest absolute Gasteiger partial charge is 0.182 e. The molecule has 1 heterocycles. The van der Waals surface area contributed by atoms with Gasteiger partial charge in [0.1, 0.15) is 5.75 Å². The van der Waals surface area contributed by atoms with Crippen molar-refractivity contribution in [2.24, 2.45) is 0 Å². The number of para-hydroxylation sites is 2. The average molecular weight is 396 g/mol. The molecule has 3 nitrogen and oxygen atoms in total. The lowest BCUT2D eigenvalue weighted by atomic mass is 10.2. The second-order valence-corrected chi connectivity index (χ2v) is 5.96. The second-order valence-electron chi connectivity index (χ2n) is 4.33. The summed E-state index contributed by atoms with van der Waals surface area (Å²) >= 11 is 7.77. The summed E-state index contributed by atoms with van der Waals surface area (Å²) in [5.41, 5.74) is 3.06. The van der Waals surface area contributed by atoms with Gasteiger partial charge >= 0.3 is 0 Å². The number of nitrogens with zero attached hydrogens (tertiary/aromatic N) is 1. The molecule has 20 heavy (non-hydrogen) atoms. The second kappa shape index (κ2) is 5.57. The Morgan fingerprint density at radius 1 is 1.25 bits per heavy atom. The molecule has 0 amide bonds. The lowest BCUT2D eigenvalue weighted by molar-refractivity contribution is 0.339. The van der Waals surface area contributed by atoms with Gasteiger partial charge in [-0.25, -0.2) is 0 Å². The van der Waals surface area contributed by atoms with E-state index < -0.39 is 0 Å². The van der Waals surface area contributed by atoms with E-state index in [0.717, 1.165) is 22.5 Å². The first-order valence-corrected chi connectivity index (χ1v) is 7.82. The van der Waals surface area contributed by atoms with Crippen molar-refractivity contribution in [2.45, 2.75) is 6.92 Å². The highest BCUT2D eigenvalue weighted by molar-refractivity contribution is 14.1. The van der Waals surface area contributed by atoms with Crippen LogP contribution in [0, 0.1) is 8.34 Å². The third-order valence-corrected chi connectivity index (χ3v) is 4.01. The first-order chi connectivity index (χ1) is 9.70. The molecule has 0 aliphatic carbocycles. The van der Waals surface area contributed by atoms with Crippen molar-refractivity contribution in [1.29, 1.82) is 0 Å². The predicted octanol–water partition coefficient (Wildman–Crippen LogP) is 4.69. The number of ether oxygens (including phenoxy) is 1. The van der Waals surface area contributed by atoms with Crippen LogP contribution in [-0.2, 0) is 0 Å². The van der Waals surface area contributed by atoms with Gasteiger partial charge in [0.2, 0.25) is 0 Å². The maximum atomic E-state index is 5.71. The maximum absolute atomic E-state index is 5.71. The van der Waals surface area contributed by atoms with E-state index in [0.29, 0.717) is 11.4 Å². The van der Waals surface area contributed by atoms with E-state index in [4.69, 9.17) is 17.0 Å². The van der Waals surface area contributed by atoms with Crippen LogP contribution < -0.4 is 4.74 Å². The van der Waals surface area contributed by atoms with Gasteiger partial charge in [-0.1, -0.05) is 12.1 Å². The summed E-state index contributed by atoms with van der Waals surface area (Å²) in [6.07, 6.45) is 0. The molecule has 0 radical (unpaired) electrons. The van der Waals surface area contributed by atoms with Crippen molar-refractivity contribution < 1.29 is 4.74 Å². The van der Waals surface area contributed by atoms with Crippen molar-refractivity contribution in [3.63, 3.8) is 0 Å². The highest BCUT2D eigenvalue weighted by Crippen LogP contribution is 2.27. The van der Waals surface area contributed by atoms with E-state index in [1.54, 1.807) is 0 Å². The predicted molar refractivity (Wildman–Crippen MR) is 92.3 cm³/mol. The van der Waals surface area contributed by atoms with Gasteiger partial charge < -0.3 is 9.72 Å². The Morgan fingerprint density at radius 3 is 2.85 bits per heavy atom. The van der Waals surface area contributed by atoms with Gasteiger partial charge in [0, 0.05) is 3.57 Å². The number of aromatic nitrogens is 2. The van der Waals surface area contributed by atoms with Crippen LogP contribution in [0.3, 0.4) is 0 Å². The van der Waals surface area contributed by atoms with Crippen LogP contribution in [0.5, 0.6) is 5.75 Å². The number of H-pyrrole nitrogens is 1. The summed E-state index contributed by atoms with van der Waals surface area (Å²) in [7, 11) is 0. The standard InChI is InChI=1S/C15H13IN2OS/c1-2-19-14-6-4-3-5-13(14)18-12-8-7-10(16)9-11(12)17-15(18)20/h3-9H,2H2,1H3,(H,17,20). The Balaban J connectivity index is 2.30. The number of nitrogens with one attached hydrogen (secondary N) is 1. The molecule has 0 unspecified atom stereocenters. The van der Waals surface area contributed by atoms with E-state index in [9.17, 15) is 0 Å². The molecule has 1 N–H and O–H groups in total. The molecule has 0 fully saturated rings. The fraction of sp³-hybridized carbons (Fsp3) is 0.133. The Morgan fingerprint density at radius 2 is 2.05 bits per heavy atom. The minimum atomic E-state index is 0.630. The van der Waals surface area contributed by atoms with Gasteiger partial charge in [-0.05, 0) is 72.1 Å². The summed E-state index contributed by atoms with van der Waals surface area (Å²) in [4.78, 5) is 3.25. The fourth-order valence-electron chi connectivity index (χ4n) is 2.24. The Labute approximate surface area is 135 Å². The van der Waals surface area contributed by atoms with Gasteiger partial charge in [0.15, 0.2) is 4.77 Å². The Hall–Kier alpha value is -1.34. The summed E-state index contributed by atoms with van der Waals surface area (Å²) in [5, 5.41) is 0. The number of aromatic amines is 1. The molecule has 5 heteroatoms. The molecular formula is C15H13IN2OS. The molecular weight excluding hydrogens is 383 g/mol. The van der Waals surface area contributed by atoms with E-state index in [1.165, 1.54) is 3.57 Å². The third kappa shape index (κ3) is 2.35. The van der Waals surface area contributed by atoms with Crippen LogP contribution in [0.25, 0.3) is 16.7 Å². The average Bonchev–Trinajstić information content (AvgIpc) is 2.75. The third-order valence-electron chi connectivity index (χ3n) is 3.05. The van der Waals surface area contributed by atoms with Gasteiger partial charge in [-0.2, -0.15) is 0 Å². The minimum absolute atomic E-state index is 0.630. The molecule has 1 aromatic heterocycles.